The molecule has 2 fully saturated rings. The molecule has 0 atom stereocenters. The number of nitrogens with two attached hydrogens (primary N) is 1. The Labute approximate surface area is 120 Å². The molecule has 110 valence electrons. The normalized spacial score (nSPS) is 21.4. The molecular formula is C15H25N5. The lowest BCUT2D eigenvalue weighted by molar-refractivity contribution is 0.226. The van der Waals surface area contributed by atoms with E-state index in [1.165, 1.54) is 38.5 Å². The van der Waals surface area contributed by atoms with E-state index in [1.807, 2.05) is 13.8 Å². The molecule has 5 nitrogen and oxygen atoms in total. The van der Waals surface area contributed by atoms with Gasteiger partial charge in [0.2, 0.25) is 0 Å². The maximum absolute atomic E-state index is 5.55. The van der Waals surface area contributed by atoms with E-state index < -0.39 is 0 Å². The van der Waals surface area contributed by atoms with Crippen LogP contribution >= 0.6 is 0 Å². The Morgan fingerprint density at radius 2 is 1.70 bits per heavy atom. The van der Waals surface area contributed by atoms with Crippen LogP contribution in [0.25, 0.3) is 0 Å². The molecule has 1 saturated carbocycles. The maximum Gasteiger partial charge on any atom is 0.148 e. The van der Waals surface area contributed by atoms with Crippen LogP contribution in [0.4, 0.5) is 11.6 Å². The van der Waals surface area contributed by atoms with Crippen LogP contribution in [0.2, 0.25) is 0 Å². The Bertz CT molecular complexity index is 483. The second-order valence-corrected chi connectivity index (χ2v) is 6.41. The van der Waals surface area contributed by atoms with Crippen LogP contribution in [0.1, 0.15) is 49.9 Å². The van der Waals surface area contributed by atoms with Gasteiger partial charge in [0.15, 0.2) is 0 Å². The van der Waals surface area contributed by atoms with Crippen molar-refractivity contribution in [3.8, 4) is 0 Å². The largest absolute Gasteiger partial charge is 0.356 e. The highest BCUT2D eigenvalue weighted by Crippen LogP contribution is 2.46. The topological polar surface area (TPSA) is 67.1 Å². The first-order valence-corrected chi connectivity index (χ1v) is 7.70. The summed E-state index contributed by atoms with van der Waals surface area (Å²) >= 11 is 0. The lowest BCUT2D eigenvalue weighted by Gasteiger charge is -2.40. The quantitative estimate of drug-likeness (QED) is 0.641. The number of nitrogen functional groups attached to an aromatic ring is 1. The fraction of sp³-hybridized carbons (Fsp3) is 0.733. The second kappa shape index (κ2) is 5.20. The van der Waals surface area contributed by atoms with E-state index in [1.54, 1.807) is 0 Å². The minimum atomic E-state index is 0.640. The predicted molar refractivity (Wildman–Crippen MR) is 81.7 cm³/mol. The number of aromatic nitrogens is 2. The van der Waals surface area contributed by atoms with Crippen LogP contribution in [0.5, 0.6) is 0 Å². The van der Waals surface area contributed by atoms with Crippen LogP contribution in [0.15, 0.2) is 0 Å². The maximum atomic E-state index is 5.55. The van der Waals surface area contributed by atoms with E-state index in [-0.39, 0.29) is 0 Å². The second-order valence-electron chi connectivity index (χ2n) is 6.41. The molecule has 0 radical (unpaired) electrons. The Morgan fingerprint density at radius 1 is 1.05 bits per heavy atom. The molecule has 1 spiro atoms. The summed E-state index contributed by atoms with van der Waals surface area (Å²) in [4.78, 5) is 11.4. The molecule has 0 unspecified atom stereocenters. The molecule has 2 heterocycles. The Kier molecular flexibility index (Phi) is 3.54. The van der Waals surface area contributed by atoms with Crippen molar-refractivity contribution in [1.29, 1.82) is 0 Å². The van der Waals surface area contributed by atoms with Gasteiger partial charge in [0.1, 0.15) is 17.5 Å². The zero-order chi connectivity index (χ0) is 14.2. The summed E-state index contributed by atoms with van der Waals surface area (Å²) in [6.45, 7) is 6.19. The number of hydrogen-bond acceptors (Lipinski definition) is 5. The van der Waals surface area contributed by atoms with Gasteiger partial charge in [0, 0.05) is 18.7 Å². The average Bonchev–Trinajstić information content (AvgIpc) is 2.90. The fourth-order valence-electron chi connectivity index (χ4n) is 3.88. The zero-order valence-electron chi connectivity index (χ0n) is 12.6. The molecule has 1 aromatic rings. The van der Waals surface area contributed by atoms with Crippen molar-refractivity contribution < 1.29 is 0 Å². The van der Waals surface area contributed by atoms with Crippen LogP contribution < -0.4 is 16.2 Å². The van der Waals surface area contributed by atoms with E-state index in [9.17, 15) is 0 Å². The minimum Gasteiger partial charge on any atom is -0.356 e. The Hall–Kier alpha value is -1.36. The number of rotatable bonds is 2. The van der Waals surface area contributed by atoms with Gasteiger partial charge in [-0.2, -0.15) is 0 Å². The first-order chi connectivity index (χ1) is 9.63. The number of aryl methyl sites for hydroxylation is 1. The van der Waals surface area contributed by atoms with Crippen molar-refractivity contribution in [2.45, 2.75) is 52.4 Å². The summed E-state index contributed by atoms with van der Waals surface area (Å²) in [7, 11) is 0. The van der Waals surface area contributed by atoms with Crippen LogP contribution in [0.3, 0.4) is 0 Å². The van der Waals surface area contributed by atoms with Crippen LogP contribution in [0, 0.1) is 19.3 Å². The number of hydrazine groups is 1. The molecule has 2 aliphatic rings. The summed E-state index contributed by atoms with van der Waals surface area (Å²) in [6, 6.07) is 0. The standard InChI is InChI=1S/C15H25N5/c1-11-13(19-16)17-12(2)18-14(11)20-9-7-15(8-10-20)5-3-4-6-15/h3-10,16H2,1-2H3,(H,17,18,19). The third-order valence-corrected chi connectivity index (χ3v) is 5.16. The Morgan fingerprint density at radius 3 is 2.30 bits per heavy atom. The van der Waals surface area contributed by atoms with E-state index in [0.29, 0.717) is 5.41 Å². The van der Waals surface area contributed by atoms with Crippen LogP contribution in [-0.4, -0.2) is 23.1 Å². The van der Waals surface area contributed by atoms with Crippen molar-refractivity contribution in [2.24, 2.45) is 11.3 Å². The lowest BCUT2D eigenvalue weighted by Crippen LogP contribution is -2.39. The molecule has 0 bridgehead atoms. The van der Waals surface area contributed by atoms with Crippen molar-refractivity contribution in [1.82, 2.24) is 9.97 Å². The van der Waals surface area contributed by atoms with Crippen molar-refractivity contribution in [3.05, 3.63) is 11.4 Å². The zero-order valence-corrected chi connectivity index (χ0v) is 12.6. The minimum absolute atomic E-state index is 0.640. The van der Waals surface area contributed by atoms with Gasteiger partial charge < -0.3 is 10.3 Å². The van der Waals surface area contributed by atoms with Crippen molar-refractivity contribution in [3.63, 3.8) is 0 Å². The molecule has 0 aromatic carbocycles. The molecule has 1 aliphatic carbocycles. The van der Waals surface area contributed by atoms with Gasteiger partial charge in [0.05, 0.1) is 0 Å². The first kappa shape index (κ1) is 13.6. The van der Waals surface area contributed by atoms with E-state index >= 15 is 0 Å². The first-order valence-electron chi connectivity index (χ1n) is 7.70. The van der Waals surface area contributed by atoms with E-state index in [0.717, 1.165) is 36.1 Å². The lowest BCUT2D eigenvalue weighted by atomic mass is 9.77. The van der Waals surface area contributed by atoms with E-state index in [4.69, 9.17) is 5.84 Å². The number of nitrogens with zero attached hydrogens (tertiary/aromatic N) is 3. The molecule has 1 saturated heterocycles. The highest BCUT2D eigenvalue weighted by molar-refractivity contribution is 5.58. The monoisotopic (exact) mass is 275 g/mol. The molecule has 5 heteroatoms. The highest BCUT2D eigenvalue weighted by atomic mass is 15.3. The van der Waals surface area contributed by atoms with Gasteiger partial charge in [-0.1, -0.05) is 12.8 Å². The highest BCUT2D eigenvalue weighted by Gasteiger charge is 2.37. The average molecular weight is 275 g/mol. The summed E-state index contributed by atoms with van der Waals surface area (Å²) in [5.74, 6) is 8.13. The van der Waals surface area contributed by atoms with Gasteiger partial charge >= 0.3 is 0 Å². The SMILES string of the molecule is Cc1nc(NN)c(C)c(N2CCC3(CCCC3)CC2)n1. The number of anilines is 2. The summed E-state index contributed by atoms with van der Waals surface area (Å²) in [5.41, 5.74) is 4.38. The summed E-state index contributed by atoms with van der Waals surface area (Å²) in [6.07, 6.45) is 8.32. The summed E-state index contributed by atoms with van der Waals surface area (Å²) < 4.78 is 0. The summed E-state index contributed by atoms with van der Waals surface area (Å²) in [5, 5.41) is 0. The Balaban J connectivity index is 1.79. The number of hydrogen-bond donors (Lipinski definition) is 2. The smallest absolute Gasteiger partial charge is 0.148 e. The number of nitrogens with one attached hydrogen (secondary N) is 1. The molecule has 3 rings (SSSR count). The number of piperidine rings is 1. The predicted octanol–water partition coefficient (Wildman–Crippen LogP) is 2.54. The van der Waals surface area contributed by atoms with Crippen LogP contribution in [-0.2, 0) is 0 Å². The molecule has 20 heavy (non-hydrogen) atoms. The molecule has 3 N–H and O–H groups in total. The molecular weight excluding hydrogens is 250 g/mol. The van der Waals surface area contributed by atoms with Gasteiger partial charge in [0.25, 0.3) is 0 Å². The van der Waals surface area contributed by atoms with Crippen molar-refractivity contribution in [2.75, 3.05) is 23.4 Å². The molecule has 1 aromatic heterocycles. The van der Waals surface area contributed by atoms with Gasteiger partial charge in [-0.25, -0.2) is 15.8 Å². The van der Waals surface area contributed by atoms with Gasteiger partial charge in [-0.3, -0.25) is 0 Å². The van der Waals surface area contributed by atoms with Gasteiger partial charge in [-0.15, -0.1) is 0 Å². The fourth-order valence-corrected chi connectivity index (χ4v) is 3.88. The van der Waals surface area contributed by atoms with Gasteiger partial charge in [-0.05, 0) is 44.9 Å². The third-order valence-electron chi connectivity index (χ3n) is 5.16. The molecule has 1 aliphatic heterocycles. The van der Waals surface area contributed by atoms with Crippen molar-refractivity contribution >= 4 is 11.6 Å². The molecule has 0 amide bonds. The third kappa shape index (κ3) is 2.35. The van der Waals surface area contributed by atoms with E-state index in [2.05, 4.69) is 20.3 Å².